The molecule has 2 N–H and O–H groups in total. The van der Waals surface area contributed by atoms with E-state index in [9.17, 15) is 4.79 Å². The van der Waals surface area contributed by atoms with Gasteiger partial charge in [0.1, 0.15) is 0 Å². The number of hydrogen-bond donors (Lipinski definition) is 1. The largest absolute Gasteiger partial charge is 0.465 e. The lowest BCUT2D eigenvalue weighted by Gasteiger charge is -2.12. The van der Waals surface area contributed by atoms with Gasteiger partial charge in [0.2, 0.25) is 0 Å². The molecule has 0 spiro atoms. The summed E-state index contributed by atoms with van der Waals surface area (Å²) < 4.78 is 4.79. The van der Waals surface area contributed by atoms with Gasteiger partial charge >= 0.3 is 5.97 Å². The van der Waals surface area contributed by atoms with Crippen LogP contribution in [0, 0.1) is 6.92 Å². The molecule has 0 aromatic heterocycles. The molecule has 2 aromatic carbocycles. The van der Waals surface area contributed by atoms with Gasteiger partial charge in [0.15, 0.2) is 0 Å². The third kappa shape index (κ3) is 2.71. The van der Waals surface area contributed by atoms with Crippen molar-refractivity contribution < 1.29 is 9.53 Å². The molecule has 0 fully saturated rings. The first-order valence-electron chi connectivity index (χ1n) is 5.77. The minimum atomic E-state index is -0.417. The fourth-order valence-corrected chi connectivity index (χ4v) is 2.34. The van der Waals surface area contributed by atoms with Gasteiger partial charge < -0.3 is 10.5 Å². The molecule has 2 aromatic rings. The van der Waals surface area contributed by atoms with Crippen LogP contribution in [0.3, 0.4) is 0 Å². The summed E-state index contributed by atoms with van der Waals surface area (Å²) >= 11 is 6.06. The van der Waals surface area contributed by atoms with Gasteiger partial charge in [-0.2, -0.15) is 0 Å². The molecule has 0 aliphatic heterocycles. The molecule has 0 saturated carbocycles. The van der Waals surface area contributed by atoms with Crippen LogP contribution >= 0.6 is 11.6 Å². The van der Waals surface area contributed by atoms with Crippen molar-refractivity contribution in [2.45, 2.75) is 6.92 Å². The molecule has 2 rings (SSSR count). The quantitative estimate of drug-likeness (QED) is 0.672. The van der Waals surface area contributed by atoms with Crippen LogP contribution in [0.1, 0.15) is 15.9 Å². The van der Waals surface area contributed by atoms with Crippen LogP contribution < -0.4 is 5.73 Å². The van der Waals surface area contributed by atoms with Crippen LogP contribution in [-0.2, 0) is 4.74 Å². The number of nitrogen functional groups attached to an aromatic ring is 1. The summed E-state index contributed by atoms with van der Waals surface area (Å²) in [6, 6.07) is 10.7. The van der Waals surface area contributed by atoms with Crippen molar-refractivity contribution in [2.24, 2.45) is 0 Å². The number of ether oxygens (including phenoxy) is 1. The number of anilines is 1. The number of carbonyl (C=O) groups excluding carboxylic acids is 1. The highest BCUT2D eigenvalue weighted by Gasteiger charge is 2.16. The van der Waals surface area contributed by atoms with Crippen LogP contribution in [0.5, 0.6) is 0 Å². The number of aryl methyl sites for hydroxylation is 1. The number of rotatable bonds is 2. The highest BCUT2D eigenvalue weighted by atomic mass is 35.5. The molecule has 98 valence electrons. The van der Waals surface area contributed by atoms with Gasteiger partial charge in [-0.3, -0.25) is 0 Å². The minimum absolute atomic E-state index is 0.417. The molecule has 4 heteroatoms. The average Bonchev–Trinajstić information content (AvgIpc) is 2.36. The Balaban J connectivity index is 2.70. The summed E-state index contributed by atoms with van der Waals surface area (Å²) in [6.45, 7) is 1.94. The van der Waals surface area contributed by atoms with E-state index in [1.165, 1.54) is 7.11 Å². The van der Waals surface area contributed by atoms with Gasteiger partial charge in [0, 0.05) is 16.3 Å². The maximum absolute atomic E-state index is 11.8. The highest BCUT2D eigenvalue weighted by Crippen LogP contribution is 2.32. The Kier molecular flexibility index (Phi) is 3.76. The Morgan fingerprint density at radius 2 is 2.00 bits per heavy atom. The van der Waals surface area contributed by atoms with Gasteiger partial charge in [-0.05, 0) is 42.3 Å². The molecule has 0 aliphatic rings. The topological polar surface area (TPSA) is 52.3 Å². The Labute approximate surface area is 117 Å². The smallest absolute Gasteiger partial charge is 0.338 e. The predicted molar refractivity (Wildman–Crippen MR) is 77.4 cm³/mol. The number of carbonyl (C=O) groups is 1. The third-order valence-corrected chi connectivity index (χ3v) is 3.05. The zero-order chi connectivity index (χ0) is 14.0. The van der Waals surface area contributed by atoms with E-state index in [4.69, 9.17) is 22.1 Å². The summed E-state index contributed by atoms with van der Waals surface area (Å²) in [6.07, 6.45) is 0. The zero-order valence-corrected chi connectivity index (χ0v) is 11.5. The Hall–Kier alpha value is -2.00. The molecule has 0 amide bonds. The first-order valence-corrected chi connectivity index (χ1v) is 6.15. The van der Waals surface area contributed by atoms with Gasteiger partial charge in [0.25, 0.3) is 0 Å². The summed E-state index contributed by atoms with van der Waals surface area (Å²) in [4.78, 5) is 11.8. The van der Waals surface area contributed by atoms with Crippen molar-refractivity contribution in [3.05, 3.63) is 52.5 Å². The van der Waals surface area contributed by atoms with Crippen molar-refractivity contribution in [3.8, 4) is 11.1 Å². The van der Waals surface area contributed by atoms with Crippen LogP contribution in [-0.4, -0.2) is 13.1 Å². The number of esters is 1. The van der Waals surface area contributed by atoms with Crippen molar-refractivity contribution in [2.75, 3.05) is 12.8 Å². The molecule has 19 heavy (non-hydrogen) atoms. The predicted octanol–water partition coefficient (Wildman–Crippen LogP) is 3.68. The van der Waals surface area contributed by atoms with Crippen molar-refractivity contribution in [3.63, 3.8) is 0 Å². The number of methoxy groups -OCH3 is 1. The number of nitrogens with two attached hydrogens (primary N) is 1. The normalized spacial score (nSPS) is 10.3. The fourth-order valence-electron chi connectivity index (χ4n) is 2.05. The van der Waals surface area contributed by atoms with E-state index < -0.39 is 5.97 Å². The molecule has 0 saturated heterocycles. The van der Waals surface area contributed by atoms with Crippen LogP contribution in [0.4, 0.5) is 5.69 Å². The van der Waals surface area contributed by atoms with Gasteiger partial charge in [-0.1, -0.05) is 23.7 Å². The molecule has 0 bridgehead atoms. The van der Waals surface area contributed by atoms with E-state index in [1.807, 2.05) is 19.1 Å². The molecule has 0 aliphatic carbocycles. The zero-order valence-electron chi connectivity index (χ0n) is 10.7. The van der Waals surface area contributed by atoms with Gasteiger partial charge in [-0.25, -0.2) is 4.79 Å². The average molecular weight is 276 g/mol. The second-order valence-corrected chi connectivity index (χ2v) is 4.72. The number of hydrogen-bond acceptors (Lipinski definition) is 3. The van der Waals surface area contributed by atoms with E-state index in [0.29, 0.717) is 21.8 Å². The fraction of sp³-hybridized carbons (Fsp3) is 0.133. The monoisotopic (exact) mass is 275 g/mol. The first-order chi connectivity index (χ1) is 9.02. The molecule has 0 heterocycles. The van der Waals surface area contributed by atoms with E-state index in [1.54, 1.807) is 24.3 Å². The summed E-state index contributed by atoms with van der Waals surface area (Å²) in [5.74, 6) is -0.417. The number of benzene rings is 2. The van der Waals surface area contributed by atoms with E-state index >= 15 is 0 Å². The standard InChI is InChI=1S/C15H14ClNO2/c1-9-6-10(8-11(16)7-9)14-12(15(18)19-2)4-3-5-13(14)17/h3-8H,17H2,1-2H3. The molecule has 0 unspecified atom stereocenters. The molecular formula is C15H14ClNO2. The van der Waals surface area contributed by atoms with E-state index in [0.717, 1.165) is 11.1 Å². The number of halogens is 1. The highest BCUT2D eigenvalue weighted by molar-refractivity contribution is 6.31. The second kappa shape index (κ2) is 5.33. The lowest BCUT2D eigenvalue weighted by molar-refractivity contribution is 0.0601. The van der Waals surface area contributed by atoms with E-state index in [-0.39, 0.29) is 0 Å². The van der Waals surface area contributed by atoms with Crippen LogP contribution in [0.2, 0.25) is 5.02 Å². The summed E-state index contributed by atoms with van der Waals surface area (Å²) in [5.41, 5.74) is 9.41. The van der Waals surface area contributed by atoms with Crippen LogP contribution in [0.25, 0.3) is 11.1 Å². The molecular weight excluding hydrogens is 262 g/mol. The summed E-state index contributed by atoms with van der Waals surface area (Å²) in [5, 5.41) is 0.606. The second-order valence-electron chi connectivity index (χ2n) is 4.28. The van der Waals surface area contributed by atoms with Crippen molar-refractivity contribution in [1.82, 2.24) is 0 Å². The maximum Gasteiger partial charge on any atom is 0.338 e. The van der Waals surface area contributed by atoms with Crippen LogP contribution in [0.15, 0.2) is 36.4 Å². The SMILES string of the molecule is COC(=O)c1cccc(N)c1-c1cc(C)cc(Cl)c1. The molecule has 0 atom stereocenters. The molecule has 0 radical (unpaired) electrons. The maximum atomic E-state index is 11.8. The Morgan fingerprint density at radius 3 is 2.63 bits per heavy atom. The first kappa shape index (κ1) is 13.4. The lowest BCUT2D eigenvalue weighted by atomic mass is 9.96. The van der Waals surface area contributed by atoms with Gasteiger partial charge in [-0.15, -0.1) is 0 Å². The minimum Gasteiger partial charge on any atom is -0.465 e. The third-order valence-electron chi connectivity index (χ3n) is 2.83. The van der Waals surface area contributed by atoms with Crippen molar-refractivity contribution >= 4 is 23.3 Å². The van der Waals surface area contributed by atoms with Gasteiger partial charge in [0.05, 0.1) is 12.7 Å². The Morgan fingerprint density at radius 1 is 1.26 bits per heavy atom. The van der Waals surface area contributed by atoms with E-state index in [2.05, 4.69) is 0 Å². The van der Waals surface area contributed by atoms with Crippen molar-refractivity contribution in [1.29, 1.82) is 0 Å². The molecule has 3 nitrogen and oxygen atoms in total. The summed E-state index contributed by atoms with van der Waals surface area (Å²) in [7, 11) is 1.35. The Bertz CT molecular complexity index is 618. The lowest BCUT2D eigenvalue weighted by Crippen LogP contribution is -2.05.